The average Bonchev–Trinajstić information content (AvgIpc) is 1.85. The van der Waals surface area contributed by atoms with E-state index in [1.807, 2.05) is 12.1 Å². The lowest BCUT2D eigenvalue weighted by atomic mass is 10.1. The van der Waals surface area contributed by atoms with Crippen molar-refractivity contribution in [1.29, 1.82) is 0 Å². The van der Waals surface area contributed by atoms with Crippen molar-refractivity contribution < 1.29 is 0 Å². The topological polar surface area (TPSA) is 37.8 Å². The lowest BCUT2D eigenvalue weighted by Gasteiger charge is -2.20. The van der Waals surface area contributed by atoms with Gasteiger partial charge in [-0.2, -0.15) is 5.10 Å². The van der Waals surface area contributed by atoms with E-state index in [0.717, 1.165) is 5.82 Å². The summed E-state index contributed by atoms with van der Waals surface area (Å²) in [4.78, 5) is 0. The van der Waals surface area contributed by atoms with E-state index in [9.17, 15) is 0 Å². The van der Waals surface area contributed by atoms with Crippen LogP contribution in [0.2, 0.25) is 0 Å². The van der Waals surface area contributed by atoms with Crippen molar-refractivity contribution in [3.05, 3.63) is 18.3 Å². The Hall–Kier alpha value is -1.12. The lowest BCUT2D eigenvalue weighted by molar-refractivity contribution is 0.628. The average molecular weight is 151 g/mol. The van der Waals surface area contributed by atoms with Crippen molar-refractivity contribution in [2.45, 2.75) is 26.3 Å². The Kier molecular flexibility index (Phi) is 2.08. The second-order valence-electron chi connectivity index (χ2n) is 3.48. The summed E-state index contributed by atoms with van der Waals surface area (Å²) in [6.45, 7) is 6.26. The van der Waals surface area contributed by atoms with Crippen molar-refractivity contribution >= 4 is 5.82 Å². The molecule has 0 unspecified atom stereocenters. The quantitative estimate of drug-likeness (QED) is 0.663. The first-order valence-electron chi connectivity index (χ1n) is 3.64. The Balaban J connectivity index is 2.66. The van der Waals surface area contributed by atoms with Crippen LogP contribution in [-0.4, -0.2) is 15.7 Å². The molecule has 0 spiro atoms. The Bertz CT molecular complexity index is 213. The van der Waals surface area contributed by atoms with Crippen LogP contribution < -0.4 is 5.32 Å². The maximum Gasteiger partial charge on any atom is 0.149 e. The third-order valence-electron chi connectivity index (χ3n) is 1.08. The largest absolute Gasteiger partial charge is 0.364 e. The van der Waals surface area contributed by atoms with Crippen molar-refractivity contribution in [2.24, 2.45) is 0 Å². The molecule has 1 N–H and O–H groups in total. The summed E-state index contributed by atoms with van der Waals surface area (Å²) in [6, 6.07) is 3.76. The summed E-state index contributed by atoms with van der Waals surface area (Å²) in [6.07, 6.45) is 1.66. The van der Waals surface area contributed by atoms with Gasteiger partial charge in [-0.15, -0.1) is 5.10 Å². The van der Waals surface area contributed by atoms with E-state index >= 15 is 0 Å². The molecule has 0 atom stereocenters. The maximum atomic E-state index is 3.90. The van der Waals surface area contributed by atoms with Crippen LogP contribution in [0.25, 0.3) is 0 Å². The van der Waals surface area contributed by atoms with Gasteiger partial charge in [0.2, 0.25) is 0 Å². The molecule has 0 saturated carbocycles. The molecule has 0 aromatic carbocycles. The van der Waals surface area contributed by atoms with Crippen LogP contribution in [0.3, 0.4) is 0 Å². The zero-order valence-electron chi connectivity index (χ0n) is 7.13. The molecule has 3 nitrogen and oxygen atoms in total. The van der Waals surface area contributed by atoms with Crippen molar-refractivity contribution in [3.63, 3.8) is 0 Å². The lowest BCUT2D eigenvalue weighted by Crippen LogP contribution is -2.26. The molecule has 0 bridgehead atoms. The Morgan fingerprint density at radius 3 is 2.55 bits per heavy atom. The fourth-order valence-electron chi connectivity index (χ4n) is 0.752. The number of hydrogen-bond acceptors (Lipinski definition) is 3. The summed E-state index contributed by atoms with van der Waals surface area (Å²) in [5.74, 6) is 0.819. The zero-order chi connectivity index (χ0) is 8.32. The van der Waals surface area contributed by atoms with Gasteiger partial charge in [0.25, 0.3) is 0 Å². The molecule has 11 heavy (non-hydrogen) atoms. The highest BCUT2D eigenvalue weighted by atomic mass is 15.2. The van der Waals surface area contributed by atoms with Crippen LogP contribution in [0.5, 0.6) is 0 Å². The minimum atomic E-state index is 0.0516. The van der Waals surface area contributed by atoms with Crippen LogP contribution in [0, 0.1) is 0 Å². The third-order valence-corrected chi connectivity index (χ3v) is 1.08. The molecule has 0 saturated heterocycles. The summed E-state index contributed by atoms with van der Waals surface area (Å²) < 4.78 is 0. The predicted octanol–water partition coefficient (Wildman–Crippen LogP) is 1.69. The molecule has 60 valence electrons. The molecule has 0 aliphatic carbocycles. The second-order valence-corrected chi connectivity index (χ2v) is 3.48. The molecule has 1 aromatic heterocycles. The van der Waals surface area contributed by atoms with Gasteiger partial charge < -0.3 is 5.32 Å². The monoisotopic (exact) mass is 151 g/mol. The number of nitrogens with zero attached hydrogens (tertiary/aromatic N) is 2. The molecule has 1 heterocycles. The zero-order valence-corrected chi connectivity index (χ0v) is 7.13. The first kappa shape index (κ1) is 7.98. The van der Waals surface area contributed by atoms with Gasteiger partial charge in [-0.05, 0) is 32.9 Å². The minimum Gasteiger partial charge on any atom is -0.364 e. The molecule has 0 aliphatic heterocycles. The highest BCUT2D eigenvalue weighted by Gasteiger charge is 2.08. The van der Waals surface area contributed by atoms with Crippen molar-refractivity contribution in [1.82, 2.24) is 10.2 Å². The van der Waals surface area contributed by atoms with E-state index < -0.39 is 0 Å². The highest BCUT2D eigenvalue weighted by molar-refractivity contribution is 5.34. The van der Waals surface area contributed by atoms with Gasteiger partial charge in [-0.3, -0.25) is 0 Å². The Morgan fingerprint density at radius 2 is 2.09 bits per heavy atom. The van der Waals surface area contributed by atoms with Crippen LogP contribution in [0.15, 0.2) is 18.3 Å². The van der Waals surface area contributed by atoms with Gasteiger partial charge in [0, 0.05) is 11.7 Å². The minimum absolute atomic E-state index is 0.0516. The number of nitrogens with one attached hydrogen (secondary N) is 1. The molecular formula is C8H13N3. The van der Waals surface area contributed by atoms with Crippen LogP contribution in [0.4, 0.5) is 5.82 Å². The molecule has 0 fully saturated rings. The van der Waals surface area contributed by atoms with E-state index in [1.165, 1.54) is 0 Å². The number of rotatable bonds is 1. The van der Waals surface area contributed by atoms with Crippen LogP contribution in [-0.2, 0) is 0 Å². The molecule has 0 radical (unpaired) electrons. The molecule has 3 heteroatoms. The molecular weight excluding hydrogens is 138 g/mol. The van der Waals surface area contributed by atoms with E-state index in [4.69, 9.17) is 0 Å². The normalized spacial score (nSPS) is 11.2. The molecule has 1 aromatic rings. The van der Waals surface area contributed by atoms with Crippen molar-refractivity contribution in [2.75, 3.05) is 5.32 Å². The standard InChI is InChI=1S/C8H13N3/c1-8(2,3)10-7-5-4-6-9-11-7/h4-6H,1-3H3,(H,10,11). The molecule has 0 aliphatic rings. The van der Waals surface area contributed by atoms with Gasteiger partial charge in [-0.1, -0.05) is 0 Å². The summed E-state index contributed by atoms with van der Waals surface area (Å²) >= 11 is 0. The Labute approximate surface area is 66.8 Å². The van der Waals surface area contributed by atoms with E-state index in [-0.39, 0.29) is 5.54 Å². The Morgan fingerprint density at radius 1 is 1.36 bits per heavy atom. The van der Waals surface area contributed by atoms with Gasteiger partial charge in [0.05, 0.1) is 0 Å². The fraction of sp³-hybridized carbons (Fsp3) is 0.500. The summed E-state index contributed by atoms with van der Waals surface area (Å²) in [7, 11) is 0. The smallest absolute Gasteiger partial charge is 0.149 e. The predicted molar refractivity (Wildman–Crippen MR) is 45.4 cm³/mol. The first-order chi connectivity index (χ1) is 5.08. The van der Waals surface area contributed by atoms with Gasteiger partial charge in [0.15, 0.2) is 0 Å². The van der Waals surface area contributed by atoms with Gasteiger partial charge in [0.1, 0.15) is 5.82 Å². The number of hydrogen-bond donors (Lipinski definition) is 1. The fourth-order valence-corrected chi connectivity index (χ4v) is 0.752. The van der Waals surface area contributed by atoms with Gasteiger partial charge >= 0.3 is 0 Å². The van der Waals surface area contributed by atoms with Crippen LogP contribution in [0.1, 0.15) is 20.8 Å². The van der Waals surface area contributed by atoms with Gasteiger partial charge in [-0.25, -0.2) is 0 Å². The maximum absolute atomic E-state index is 3.90. The number of anilines is 1. The van der Waals surface area contributed by atoms with E-state index in [1.54, 1.807) is 6.20 Å². The number of aromatic nitrogens is 2. The summed E-state index contributed by atoms with van der Waals surface area (Å²) in [5.41, 5.74) is 0.0516. The summed E-state index contributed by atoms with van der Waals surface area (Å²) in [5, 5.41) is 10.9. The highest BCUT2D eigenvalue weighted by Crippen LogP contribution is 2.08. The van der Waals surface area contributed by atoms with Crippen LogP contribution >= 0.6 is 0 Å². The first-order valence-corrected chi connectivity index (χ1v) is 3.64. The molecule has 1 rings (SSSR count). The third kappa shape index (κ3) is 2.98. The SMILES string of the molecule is CC(C)(C)Nc1cccnn1. The van der Waals surface area contributed by atoms with Crippen molar-refractivity contribution in [3.8, 4) is 0 Å². The van der Waals surface area contributed by atoms with E-state index in [2.05, 4.69) is 36.3 Å². The second kappa shape index (κ2) is 2.86. The molecule has 0 amide bonds. The van der Waals surface area contributed by atoms with E-state index in [0.29, 0.717) is 0 Å².